The van der Waals surface area contributed by atoms with Gasteiger partial charge in [0.05, 0.1) is 0 Å². The number of carbonyl (C=O) groups is 2. The second-order valence-electron chi connectivity index (χ2n) is 2.00. The number of hydrogen-bond donors (Lipinski definition) is 0. The summed E-state index contributed by atoms with van der Waals surface area (Å²) in [6.45, 7) is -0.153. The summed E-state index contributed by atoms with van der Waals surface area (Å²) in [5.41, 5.74) is 0. The first kappa shape index (κ1) is 6.85. The maximum Gasteiger partial charge on any atom is 0.429 e. The van der Waals surface area contributed by atoms with E-state index in [0.29, 0.717) is 0 Å². The van der Waals surface area contributed by atoms with Crippen molar-refractivity contribution < 1.29 is 14.3 Å². The van der Waals surface area contributed by atoms with Gasteiger partial charge in [0, 0.05) is 14.1 Å². The second kappa shape index (κ2) is 2.17. The Morgan fingerprint density at radius 1 is 1.30 bits per heavy atom. The van der Waals surface area contributed by atoms with Gasteiger partial charge in [0.25, 0.3) is 5.91 Å². The minimum Gasteiger partial charge on any atom is -0.438 e. The lowest BCUT2D eigenvalue weighted by Gasteiger charge is -2.31. The second-order valence-corrected chi connectivity index (χ2v) is 2.00. The summed E-state index contributed by atoms with van der Waals surface area (Å²) in [4.78, 5) is 21.4. The molecule has 1 fully saturated rings. The van der Waals surface area contributed by atoms with Crippen LogP contribution in [0.4, 0.5) is 4.79 Å². The Balaban J connectivity index is 2.69. The van der Waals surface area contributed by atoms with Crippen molar-refractivity contribution in [1.29, 1.82) is 0 Å². The van der Waals surface area contributed by atoms with Gasteiger partial charge >= 0.3 is 6.09 Å². The highest BCUT2D eigenvalue weighted by molar-refractivity contribution is 5.84. The minimum atomic E-state index is -0.498. The van der Waals surface area contributed by atoms with Crippen molar-refractivity contribution in [2.75, 3.05) is 20.7 Å². The summed E-state index contributed by atoms with van der Waals surface area (Å²) in [6, 6.07) is 0. The molecule has 1 saturated heterocycles. The van der Waals surface area contributed by atoms with Gasteiger partial charge in [0.1, 0.15) is 0 Å². The molecule has 1 rings (SSSR count). The van der Waals surface area contributed by atoms with Gasteiger partial charge in [-0.25, -0.2) is 14.8 Å². The van der Waals surface area contributed by atoms with Crippen LogP contribution in [0.1, 0.15) is 0 Å². The minimum absolute atomic E-state index is 0.153. The Labute approximate surface area is 58.1 Å². The first-order valence-corrected chi connectivity index (χ1v) is 2.80. The highest BCUT2D eigenvalue weighted by atomic mass is 16.6. The number of nitrogens with zero attached hydrogens (tertiary/aromatic N) is 2. The lowest BCUT2D eigenvalue weighted by Crippen LogP contribution is -2.51. The summed E-state index contributed by atoms with van der Waals surface area (Å²) in [7, 11) is 2.99. The molecule has 2 amide bonds. The van der Waals surface area contributed by atoms with Crippen LogP contribution in [0, 0.1) is 0 Å². The lowest BCUT2D eigenvalue weighted by atomic mass is 10.6. The van der Waals surface area contributed by atoms with Gasteiger partial charge < -0.3 is 4.74 Å². The van der Waals surface area contributed by atoms with Gasteiger partial charge in [-0.05, 0) is 0 Å². The fourth-order valence-corrected chi connectivity index (χ4v) is 0.600. The highest BCUT2D eigenvalue weighted by Gasteiger charge is 2.26. The summed E-state index contributed by atoms with van der Waals surface area (Å²) in [5.74, 6) is -0.220. The van der Waals surface area contributed by atoms with Crippen molar-refractivity contribution in [1.82, 2.24) is 10.0 Å². The zero-order valence-electron chi connectivity index (χ0n) is 5.83. The molecule has 5 nitrogen and oxygen atoms in total. The number of amides is 2. The highest BCUT2D eigenvalue weighted by Crippen LogP contribution is 2.02. The van der Waals surface area contributed by atoms with E-state index in [9.17, 15) is 9.59 Å². The Bertz CT molecular complexity index is 160. The third-order valence-corrected chi connectivity index (χ3v) is 1.39. The fourth-order valence-electron chi connectivity index (χ4n) is 0.600. The number of carbonyl (C=O) groups excluding carboxylic acids is 2. The van der Waals surface area contributed by atoms with Crippen molar-refractivity contribution in [3.63, 3.8) is 0 Å². The molecule has 0 bridgehead atoms. The van der Waals surface area contributed by atoms with Crippen LogP contribution in [0.5, 0.6) is 0 Å². The predicted molar refractivity (Wildman–Crippen MR) is 31.9 cm³/mol. The van der Waals surface area contributed by atoms with E-state index >= 15 is 0 Å². The number of likely N-dealkylation sites (N-methyl/N-ethyl adjacent to an activating group) is 1. The van der Waals surface area contributed by atoms with Crippen LogP contribution in [-0.2, 0) is 9.53 Å². The van der Waals surface area contributed by atoms with Gasteiger partial charge in [-0.1, -0.05) is 0 Å². The Kier molecular flexibility index (Phi) is 1.48. The Morgan fingerprint density at radius 2 is 1.90 bits per heavy atom. The molecule has 0 aromatic carbocycles. The summed E-state index contributed by atoms with van der Waals surface area (Å²) < 4.78 is 4.47. The number of cyclic esters (lactones) is 1. The van der Waals surface area contributed by atoms with E-state index in [2.05, 4.69) is 4.74 Å². The molecular weight excluding hydrogens is 136 g/mol. The van der Waals surface area contributed by atoms with E-state index in [1.165, 1.54) is 19.1 Å². The largest absolute Gasteiger partial charge is 0.438 e. The van der Waals surface area contributed by atoms with Crippen molar-refractivity contribution in [2.45, 2.75) is 0 Å². The maximum atomic E-state index is 10.8. The van der Waals surface area contributed by atoms with E-state index in [4.69, 9.17) is 0 Å². The smallest absolute Gasteiger partial charge is 0.429 e. The van der Waals surface area contributed by atoms with Gasteiger partial charge in [-0.15, -0.1) is 0 Å². The molecule has 1 aliphatic heterocycles. The fraction of sp³-hybridized carbons (Fsp3) is 0.600. The van der Waals surface area contributed by atoms with Crippen molar-refractivity contribution in [3.05, 3.63) is 0 Å². The van der Waals surface area contributed by atoms with Crippen LogP contribution in [0.3, 0.4) is 0 Å². The topological polar surface area (TPSA) is 49.9 Å². The summed E-state index contributed by atoms with van der Waals surface area (Å²) in [5, 5.41) is 2.33. The van der Waals surface area contributed by atoms with Gasteiger partial charge in [0.2, 0.25) is 0 Å². The summed E-state index contributed by atoms with van der Waals surface area (Å²) >= 11 is 0. The molecule has 1 heterocycles. The molecular formula is C5H8N2O3. The van der Waals surface area contributed by atoms with Crippen LogP contribution in [0.2, 0.25) is 0 Å². The van der Waals surface area contributed by atoms with E-state index in [-0.39, 0.29) is 12.5 Å². The van der Waals surface area contributed by atoms with Crippen molar-refractivity contribution >= 4 is 12.0 Å². The number of hydrazine groups is 1. The van der Waals surface area contributed by atoms with Crippen LogP contribution < -0.4 is 0 Å². The van der Waals surface area contributed by atoms with Crippen LogP contribution in [0.25, 0.3) is 0 Å². The van der Waals surface area contributed by atoms with E-state index in [1.54, 1.807) is 0 Å². The average molecular weight is 144 g/mol. The molecule has 0 radical (unpaired) electrons. The van der Waals surface area contributed by atoms with Crippen LogP contribution >= 0.6 is 0 Å². The first-order chi connectivity index (χ1) is 4.63. The molecule has 0 aromatic heterocycles. The van der Waals surface area contributed by atoms with E-state index in [1.807, 2.05) is 0 Å². The normalized spacial score (nSPS) is 19.4. The van der Waals surface area contributed by atoms with Crippen molar-refractivity contribution in [3.8, 4) is 0 Å². The Morgan fingerprint density at radius 3 is 2.40 bits per heavy atom. The van der Waals surface area contributed by atoms with Crippen LogP contribution in [0.15, 0.2) is 0 Å². The first-order valence-electron chi connectivity index (χ1n) is 2.80. The molecule has 0 spiro atoms. The monoisotopic (exact) mass is 144 g/mol. The number of ether oxygens (including phenoxy) is 1. The number of hydrogen-bond acceptors (Lipinski definition) is 3. The molecule has 0 aliphatic carbocycles. The number of rotatable bonds is 0. The SMILES string of the molecule is CN1C(=O)COC(=O)N1C. The van der Waals surface area contributed by atoms with E-state index < -0.39 is 6.09 Å². The molecule has 0 atom stereocenters. The van der Waals surface area contributed by atoms with Gasteiger partial charge in [-0.2, -0.15) is 0 Å². The molecule has 10 heavy (non-hydrogen) atoms. The third-order valence-electron chi connectivity index (χ3n) is 1.39. The molecule has 0 unspecified atom stereocenters. The van der Waals surface area contributed by atoms with Gasteiger partial charge in [0.15, 0.2) is 6.61 Å². The van der Waals surface area contributed by atoms with Gasteiger partial charge in [-0.3, -0.25) is 4.79 Å². The average Bonchev–Trinajstić information content (AvgIpc) is 1.93. The standard InChI is InChI=1S/C5H8N2O3/c1-6-4(8)3-10-5(9)7(6)2/h3H2,1-2H3. The quantitative estimate of drug-likeness (QED) is 0.458. The predicted octanol–water partition coefficient (Wildman–Crippen LogP) is -0.558. The molecule has 1 aliphatic rings. The lowest BCUT2D eigenvalue weighted by molar-refractivity contribution is -0.152. The molecule has 0 saturated carbocycles. The summed E-state index contributed by atoms with van der Waals surface area (Å²) in [6.07, 6.45) is -0.498. The zero-order chi connectivity index (χ0) is 7.72. The molecule has 0 aromatic rings. The van der Waals surface area contributed by atoms with Crippen LogP contribution in [-0.4, -0.2) is 42.7 Å². The zero-order valence-corrected chi connectivity index (χ0v) is 5.83. The Hall–Kier alpha value is -1.26. The van der Waals surface area contributed by atoms with Crippen molar-refractivity contribution in [2.24, 2.45) is 0 Å². The molecule has 56 valence electrons. The molecule has 5 heteroatoms. The maximum absolute atomic E-state index is 10.8. The molecule has 0 N–H and O–H groups in total. The van der Waals surface area contributed by atoms with E-state index in [0.717, 1.165) is 5.01 Å². The third kappa shape index (κ3) is 0.896.